The highest BCUT2D eigenvalue weighted by Gasteiger charge is 1.98. The molecule has 1 heterocycles. The van der Waals surface area contributed by atoms with Gasteiger partial charge in [0.05, 0.1) is 17.6 Å². The maximum atomic E-state index is 12.6. The number of hydrogen-bond donors (Lipinski definition) is 0. The largest absolute Gasteiger partial charge is 0.258 e. The maximum Gasteiger partial charge on any atom is 0.123 e. The van der Waals surface area contributed by atoms with Crippen LogP contribution >= 0.6 is 0 Å². The van der Waals surface area contributed by atoms with Crippen molar-refractivity contribution in [1.29, 1.82) is 0 Å². The summed E-state index contributed by atoms with van der Waals surface area (Å²) in [6, 6.07) is 6.21. The molecule has 2 aromatic rings. The van der Waals surface area contributed by atoms with Gasteiger partial charge in [-0.25, -0.2) is 4.39 Å². The van der Waals surface area contributed by atoms with E-state index in [-0.39, 0.29) is 5.82 Å². The molecule has 0 saturated heterocycles. The molecule has 2 rings (SSSR count). The highest BCUT2D eigenvalue weighted by atomic mass is 19.1. The predicted molar refractivity (Wildman–Crippen MR) is 52.2 cm³/mol. The first kappa shape index (κ1) is 8.81. The Kier molecular flexibility index (Phi) is 2.23. The van der Waals surface area contributed by atoms with E-state index in [1.165, 1.54) is 12.1 Å². The second kappa shape index (κ2) is 3.54. The van der Waals surface area contributed by atoms with E-state index < -0.39 is 0 Å². The zero-order valence-electron chi connectivity index (χ0n) is 7.74. The van der Waals surface area contributed by atoms with Crippen LogP contribution in [0.25, 0.3) is 11.3 Å². The van der Waals surface area contributed by atoms with Gasteiger partial charge in [0.2, 0.25) is 0 Å². The topological polar surface area (TPSA) is 25.8 Å². The standard InChI is InChI=1S/C11H9FN2/c1-8-6-14-11(7-13-8)9-2-4-10(12)5-3-9/h2-7H,1H3. The fourth-order valence-corrected chi connectivity index (χ4v) is 1.16. The van der Waals surface area contributed by atoms with Crippen LogP contribution in [0.1, 0.15) is 5.69 Å². The Balaban J connectivity index is 2.40. The molecule has 0 atom stereocenters. The first-order valence-electron chi connectivity index (χ1n) is 4.30. The molecule has 0 unspecified atom stereocenters. The molecule has 0 spiro atoms. The quantitative estimate of drug-likeness (QED) is 0.687. The molecule has 2 nitrogen and oxygen atoms in total. The van der Waals surface area contributed by atoms with Crippen LogP contribution in [0.5, 0.6) is 0 Å². The molecule has 0 aliphatic carbocycles. The molecule has 3 heteroatoms. The Morgan fingerprint density at radius 2 is 1.71 bits per heavy atom. The van der Waals surface area contributed by atoms with Crippen molar-refractivity contribution >= 4 is 0 Å². The summed E-state index contributed by atoms with van der Waals surface area (Å²) in [5, 5.41) is 0. The molecule has 0 bridgehead atoms. The van der Waals surface area contributed by atoms with Crippen LogP contribution in [-0.4, -0.2) is 9.97 Å². The van der Waals surface area contributed by atoms with Crippen molar-refractivity contribution in [2.75, 3.05) is 0 Å². The van der Waals surface area contributed by atoms with Gasteiger partial charge in [-0.2, -0.15) is 0 Å². The lowest BCUT2D eigenvalue weighted by molar-refractivity contribution is 0.628. The summed E-state index contributed by atoms with van der Waals surface area (Å²) in [5.74, 6) is -0.242. The van der Waals surface area contributed by atoms with Crippen LogP contribution in [0.2, 0.25) is 0 Å². The Bertz CT molecular complexity index is 377. The predicted octanol–water partition coefficient (Wildman–Crippen LogP) is 2.59. The normalized spacial score (nSPS) is 10.1. The van der Waals surface area contributed by atoms with Gasteiger partial charge in [-0.3, -0.25) is 9.97 Å². The third-order valence-corrected chi connectivity index (χ3v) is 1.92. The smallest absolute Gasteiger partial charge is 0.123 e. The maximum absolute atomic E-state index is 12.6. The van der Waals surface area contributed by atoms with Crippen molar-refractivity contribution < 1.29 is 4.39 Å². The zero-order chi connectivity index (χ0) is 9.97. The van der Waals surface area contributed by atoms with Crippen LogP contribution in [0.4, 0.5) is 4.39 Å². The minimum atomic E-state index is -0.242. The van der Waals surface area contributed by atoms with Crippen molar-refractivity contribution in [2.24, 2.45) is 0 Å². The average molecular weight is 188 g/mol. The second-order valence-corrected chi connectivity index (χ2v) is 3.05. The molecule has 0 fully saturated rings. The highest BCUT2D eigenvalue weighted by molar-refractivity contribution is 5.57. The number of benzene rings is 1. The summed E-state index contributed by atoms with van der Waals surface area (Å²) in [4.78, 5) is 8.31. The lowest BCUT2D eigenvalue weighted by Gasteiger charge is -1.99. The van der Waals surface area contributed by atoms with E-state index in [4.69, 9.17) is 0 Å². The van der Waals surface area contributed by atoms with Gasteiger partial charge in [0, 0.05) is 11.8 Å². The summed E-state index contributed by atoms with van der Waals surface area (Å²) in [6.07, 6.45) is 3.38. The molecule has 0 aliphatic rings. The van der Waals surface area contributed by atoms with Crippen molar-refractivity contribution in [2.45, 2.75) is 6.92 Å². The van der Waals surface area contributed by atoms with E-state index in [9.17, 15) is 4.39 Å². The number of nitrogens with zero attached hydrogens (tertiary/aromatic N) is 2. The summed E-state index contributed by atoms with van der Waals surface area (Å²) in [7, 11) is 0. The van der Waals surface area contributed by atoms with Crippen molar-refractivity contribution in [3.8, 4) is 11.3 Å². The lowest BCUT2D eigenvalue weighted by Crippen LogP contribution is -1.87. The number of hydrogen-bond acceptors (Lipinski definition) is 2. The highest BCUT2D eigenvalue weighted by Crippen LogP contribution is 2.15. The van der Waals surface area contributed by atoms with Gasteiger partial charge < -0.3 is 0 Å². The molecule has 1 aromatic carbocycles. The third kappa shape index (κ3) is 1.76. The Hall–Kier alpha value is -1.77. The van der Waals surface area contributed by atoms with Gasteiger partial charge in [-0.15, -0.1) is 0 Å². The summed E-state index contributed by atoms with van der Waals surface area (Å²) < 4.78 is 12.6. The van der Waals surface area contributed by atoms with Crippen LogP contribution < -0.4 is 0 Å². The fourth-order valence-electron chi connectivity index (χ4n) is 1.16. The van der Waals surface area contributed by atoms with E-state index in [0.717, 1.165) is 17.0 Å². The Labute approximate surface area is 81.5 Å². The van der Waals surface area contributed by atoms with E-state index >= 15 is 0 Å². The molecular formula is C11H9FN2. The van der Waals surface area contributed by atoms with Gasteiger partial charge in [-0.05, 0) is 31.2 Å². The zero-order valence-corrected chi connectivity index (χ0v) is 7.74. The van der Waals surface area contributed by atoms with Gasteiger partial charge in [0.1, 0.15) is 5.82 Å². The molecule has 1 aromatic heterocycles. The minimum Gasteiger partial charge on any atom is -0.258 e. The van der Waals surface area contributed by atoms with E-state index in [2.05, 4.69) is 9.97 Å². The molecule has 14 heavy (non-hydrogen) atoms. The van der Waals surface area contributed by atoms with Gasteiger partial charge in [0.15, 0.2) is 0 Å². The van der Waals surface area contributed by atoms with Gasteiger partial charge >= 0.3 is 0 Å². The average Bonchev–Trinajstić information content (AvgIpc) is 2.21. The third-order valence-electron chi connectivity index (χ3n) is 1.92. The van der Waals surface area contributed by atoms with Crippen molar-refractivity contribution in [1.82, 2.24) is 9.97 Å². The van der Waals surface area contributed by atoms with Crippen molar-refractivity contribution in [3.63, 3.8) is 0 Å². The second-order valence-electron chi connectivity index (χ2n) is 3.05. The van der Waals surface area contributed by atoms with E-state index in [0.29, 0.717) is 0 Å². The van der Waals surface area contributed by atoms with Crippen molar-refractivity contribution in [3.05, 3.63) is 48.2 Å². The lowest BCUT2D eigenvalue weighted by atomic mass is 10.1. The molecule has 0 aliphatic heterocycles. The molecule has 0 N–H and O–H groups in total. The monoisotopic (exact) mass is 188 g/mol. The molecule has 0 radical (unpaired) electrons. The number of aromatic nitrogens is 2. The van der Waals surface area contributed by atoms with Gasteiger partial charge in [-0.1, -0.05) is 0 Å². The fraction of sp³-hybridized carbons (Fsp3) is 0.0909. The summed E-state index contributed by atoms with van der Waals surface area (Å²) in [6.45, 7) is 1.88. The molecule has 0 amide bonds. The number of aryl methyl sites for hydroxylation is 1. The van der Waals surface area contributed by atoms with Crippen LogP contribution in [0.3, 0.4) is 0 Å². The Morgan fingerprint density at radius 3 is 2.29 bits per heavy atom. The van der Waals surface area contributed by atoms with Gasteiger partial charge in [0.25, 0.3) is 0 Å². The summed E-state index contributed by atoms with van der Waals surface area (Å²) in [5.41, 5.74) is 2.50. The molecule has 70 valence electrons. The number of rotatable bonds is 1. The van der Waals surface area contributed by atoms with E-state index in [1.54, 1.807) is 24.5 Å². The first-order chi connectivity index (χ1) is 6.75. The van der Waals surface area contributed by atoms with Crippen LogP contribution in [0, 0.1) is 12.7 Å². The molecular weight excluding hydrogens is 179 g/mol. The molecule has 0 saturated carbocycles. The first-order valence-corrected chi connectivity index (χ1v) is 4.30. The van der Waals surface area contributed by atoms with E-state index in [1.807, 2.05) is 6.92 Å². The number of halogens is 1. The summed E-state index contributed by atoms with van der Waals surface area (Å²) >= 11 is 0. The SMILES string of the molecule is Cc1cnc(-c2ccc(F)cc2)cn1. The van der Waals surface area contributed by atoms with Crippen LogP contribution in [0.15, 0.2) is 36.7 Å². The van der Waals surface area contributed by atoms with Crippen LogP contribution in [-0.2, 0) is 0 Å². The minimum absolute atomic E-state index is 0.242. The Morgan fingerprint density at radius 1 is 1.00 bits per heavy atom.